The molecule has 1 atom stereocenters. The van der Waals surface area contributed by atoms with Crippen molar-refractivity contribution in [3.63, 3.8) is 0 Å². The number of benzene rings is 1. The predicted molar refractivity (Wildman–Crippen MR) is 110 cm³/mol. The number of amides is 3. The van der Waals surface area contributed by atoms with Crippen molar-refractivity contribution in [2.45, 2.75) is 33.4 Å². The number of hydrogen-bond donors (Lipinski definition) is 1. The Morgan fingerprint density at radius 1 is 1.21 bits per heavy atom. The molecular weight excluding hydrogens is 366 g/mol. The van der Waals surface area contributed by atoms with Crippen molar-refractivity contribution in [1.29, 1.82) is 0 Å². The molecule has 2 aliphatic heterocycles. The van der Waals surface area contributed by atoms with E-state index in [0.717, 1.165) is 22.4 Å². The lowest BCUT2D eigenvalue weighted by Crippen LogP contribution is -2.47. The molecule has 0 aliphatic carbocycles. The van der Waals surface area contributed by atoms with Gasteiger partial charge in [0.15, 0.2) is 0 Å². The Morgan fingerprint density at radius 2 is 1.97 bits per heavy atom. The van der Waals surface area contributed by atoms with E-state index in [1.165, 1.54) is 5.56 Å². The molecule has 29 heavy (non-hydrogen) atoms. The molecule has 1 aromatic heterocycles. The van der Waals surface area contributed by atoms with Crippen LogP contribution in [0, 0.1) is 20.8 Å². The van der Waals surface area contributed by atoms with E-state index in [2.05, 4.69) is 31.0 Å². The van der Waals surface area contributed by atoms with E-state index in [1.54, 1.807) is 28.2 Å². The maximum absolute atomic E-state index is 13.4. The molecule has 4 rings (SSSR count). The summed E-state index contributed by atoms with van der Waals surface area (Å²) in [6, 6.07) is 7.16. The third kappa shape index (κ3) is 3.24. The van der Waals surface area contributed by atoms with Crippen LogP contribution >= 0.6 is 0 Å². The van der Waals surface area contributed by atoms with Gasteiger partial charge in [-0.15, -0.1) is 6.58 Å². The van der Waals surface area contributed by atoms with Crippen LogP contribution < -0.4 is 5.32 Å². The number of hydrogen-bond acceptors (Lipinski definition) is 3. The highest BCUT2D eigenvalue weighted by atomic mass is 16.3. The van der Waals surface area contributed by atoms with Gasteiger partial charge in [-0.05, 0) is 55.2 Å². The molecule has 2 aliphatic rings. The zero-order valence-corrected chi connectivity index (χ0v) is 17.0. The fourth-order valence-corrected chi connectivity index (χ4v) is 4.12. The summed E-state index contributed by atoms with van der Waals surface area (Å²) in [7, 11) is 0. The summed E-state index contributed by atoms with van der Waals surface area (Å²) in [4.78, 5) is 29.6. The maximum Gasteiger partial charge on any atom is 0.322 e. The molecular formula is C23H25N3O3. The summed E-state index contributed by atoms with van der Waals surface area (Å²) in [6.45, 7) is 11.0. The Kier molecular flexibility index (Phi) is 4.78. The first-order valence-corrected chi connectivity index (χ1v) is 9.72. The number of urea groups is 1. The molecule has 3 amide bonds. The number of rotatable bonds is 5. The molecule has 1 aromatic carbocycles. The standard InChI is InChI=1S/C23H25N3O3/c1-5-8-26-19-13-25(12-17-7-6-9-29-17)22(27)20(19)21(24-23(26)28)18-11-15(3)14(2)10-16(18)4/h5-7,9-11,21H,1,8,12-13H2,2-4H3,(H,24,28). The Hall–Kier alpha value is -3.28. The predicted octanol–water partition coefficient (Wildman–Crippen LogP) is 3.75. The van der Waals surface area contributed by atoms with Gasteiger partial charge in [0.05, 0.1) is 36.7 Å². The Bertz CT molecular complexity index is 1020. The van der Waals surface area contributed by atoms with Crippen LogP contribution in [0.15, 0.2) is 58.9 Å². The van der Waals surface area contributed by atoms with Gasteiger partial charge >= 0.3 is 6.03 Å². The first kappa shape index (κ1) is 19.1. The van der Waals surface area contributed by atoms with Gasteiger partial charge in [-0.3, -0.25) is 9.69 Å². The van der Waals surface area contributed by atoms with E-state index >= 15 is 0 Å². The van der Waals surface area contributed by atoms with Crippen LogP contribution in [-0.2, 0) is 11.3 Å². The van der Waals surface area contributed by atoms with Crippen molar-refractivity contribution >= 4 is 11.9 Å². The molecule has 0 radical (unpaired) electrons. The fraction of sp³-hybridized carbons (Fsp3) is 0.304. The molecule has 3 heterocycles. The van der Waals surface area contributed by atoms with Gasteiger partial charge < -0.3 is 14.6 Å². The summed E-state index contributed by atoms with van der Waals surface area (Å²) in [6.07, 6.45) is 3.27. The van der Waals surface area contributed by atoms with E-state index in [-0.39, 0.29) is 11.9 Å². The molecule has 1 N–H and O–H groups in total. The smallest absolute Gasteiger partial charge is 0.322 e. The minimum absolute atomic E-state index is 0.0758. The topological polar surface area (TPSA) is 65.8 Å². The van der Waals surface area contributed by atoms with Crippen LogP contribution in [0.25, 0.3) is 0 Å². The third-order valence-electron chi connectivity index (χ3n) is 5.73. The molecule has 0 bridgehead atoms. The zero-order chi connectivity index (χ0) is 20.7. The Labute approximate surface area is 170 Å². The summed E-state index contributed by atoms with van der Waals surface area (Å²) in [5.74, 6) is 0.639. The summed E-state index contributed by atoms with van der Waals surface area (Å²) in [5.41, 5.74) is 5.71. The molecule has 6 nitrogen and oxygen atoms in total. The zero-order valence-electron chi connectivity index (χ0n) is 17.0. The van der Waals surface area contributed by atoms with Crippen LogP contribution in [-0.4, -0.2) is 34.8 Å². The lowest BCUT2D eigenvalue weighted by molar-refractivity contribution is -0.126. The van der Waals surface area contributed by atoms with E-state index in [9.17, 15) is 9.59 Å². The molecule has 1 unspecified atom stereocenters. The van der Waals surface area contributed by atoms with Gasteiger partial charge in [-0.25, -0.2) is 4.79 Å². The number of nitrogens with zero attached hydrogens (tertiary/aromatic N) is 2. The first-order valence-electron chi connectivity index (χ1n) is 9.72. The average molecular weight is 391 g/mol. The summed E-state index contributed by atoms with van der Waals surface area (Å²) >= 11 is 0. The van der Waals surface area contributed by atoms with Gasteiger partial charge in [0.1, 0.15) is 5.76 Å². The second-order valence-corrected chi connectivity index (χ2v) is 7.68. The molecule has 0 spiro atoms. The highest BCUT2D eigenvalue weighted by Gasteiger charge is 2.44. The normalized spacial score (nSPS) is 18.9. The second kappa shape index (κ2) is 7.28. The van der Waals surface area contributed by atoms with E-state index in [1.807, 2.05) is 19.9 Å². The number of carbonyl (C=O) groups excluding carboxylic acids is 2. The van der Waals surface area contributed by atoms with Crippen LogP contribution in [0.4, 0.5) is 4.79 Å². The number of carbonyl (C=O) groups is 2. The van der Waals surface area contributed by atoms with Crippen LogP contribution in [0.5, 0.6) is 0 Å². The van der Waals surface area contributed by atoms with Crippen molar-refractivity contribution in [3.05, 3.63) is 82.5 Å². The Morgan fingerprint density at radius 3 is 2.66 bits per heavy atom. The molecule has 0 saturated heterocycles. The van der Waals surface area contributed by atoms with Crippen molar-refractivity contribution in [1.82, 2.24) is 15.1 Å². The number of nitrogens with one attached hydrogen (secondary N) is 1. The maximum atomic E-state index is 13.4. The highest BCUT2D eigenvalue weighted by Crippen LogP contribution is 2.38. The van der Waals surface area contributed by atoms with Crippen LogP contribution in [0.2, 0.25) is 0 Å². The quantitative estimate of drug-likeness (QED) is 0.790. The van der Waals surface area contributed by atoms with Crippen LogP contribution in [0.3, 0.4) is 0 Å². The van der Waals surface area contributed by atoms with E-state index in [4.69, 9.17) is 4.42 Å². The van der Waals surface area contributed by atoms with E-state index < -0.39 is 6.04 Å². The number of aryl methyl sites for hydroxylation is 3. The van der Waals surface area contributed by atoms with Gasteiger partial charge in [-0.1, -0.05) is 18.2 Å². The molecule has 6 heteroatoms. The largest absolute Gasteiger partial charge is 0.467 e. The molecule has 0 fully saturated rings. The highest BCUT2D eigenvalue weighted by molar-refractivity contribution is 6.01. The van der Waals surface area contributed by atoms with Gasteiger partial charge in [-0.2, -0.15) is 0 Å². The first-order chi connectivity index (χ1) is 13.9. The number of furan rings is 1. The van der Waals surface area contributed by atoms with Crippen molar-refractivity contribution < 1.29 is 14.0 Å². The van der Waals surface area contributed by atoms with Gasteiger partial charge in [0.2, 0.25) is 0 Å². The second-order valence-electron chi connectivity index (χ2n) is 7.68. The fourth-order valence-electron chi connectivity index (χ4n) is 4.12. The van der Waals surface area contributed by atoms with Crippen LogP contribution in [0.1, 0.15) is 34.1 Å². The molecule has 0 saturated carbocycles. The molecule has 2 aromatic rings. The monoisotopic (exact) mass is 391 g/mol. The average Bonchev–Trinajstić information content (AvgIpc) is 3.30. The summed E-state index contributed by atoms with van der Waals surface area (Å²) < 4.78 is 5.43. The van der Waals surface area contributed by atoms with Crippen molar-refractivity contribution in [2.75, 3.05) is 13.1 Å². The lowest BCUT2D eigenvalue weighted by Gasteiger charge is -2.33. The lowest BCUT2D eigenvalue weighted by atomic mass is 9.90. The summed E-state index contributed by atoms with van der Waals surface area (Å²) in [5, 5.41) is 3.05. The molecule has 150 valence electrons. The van der Waals surface area contributed by atoms with Gasteiger partial charge in [0, 0.05) is 6.54 Å². The SMILES string of the molecule is C=CCN1C(=O)NC(c2cc(C)c(C)cc2C)C2=C1CN(Cc1ccco1)C2=O. The van der Waals surface area contributed by atoms with Gasteiger partial charge in [0.25, 0.3) is 5.91 Å². The third-order valence-corrected chi connectivity index (χ3v) is 5.73. The van der Waals surface area contributed by atoms with Crippen molar-refractivity contribution in [3.8, 4) is 0 Å². The van der Waals surface area contributed by atoms with Crippen molar-refractivity contribution in [2.24, 2.45) is 0 Å². The minimum Gasteiger partial charge on any atom is -0.467 e. The van der Waals surface area contributed by atoms with E-state index in [0.29, 0.717) is 31.0 Å². The minimum atomic E-state index is -0.466. The Balaban J connectivity index is 1.77.